The van der Waals surface area contributed by atoms with E-state index in [1.165, 1.54) is 5.57 Å². The Labute approximate surface area is 220 Å². The molecule has 1 heterocycles. The molecule has 3 aliphatic rings. The van der Waals surface area contributed by atoms with Crippen LogP contribution in [0.4, 0.5) is 0 Å². The third-order valence-corrected chi connectivity index (χ3v) is 13.6. The first-order valence-electron chi connectivity index (χ1n) is 14.3. The zero-order valence-corrected chi connectivity index (χ0v) is 25.0. The predicted molar refractivity (Wildman–Crippen MR) is 147 cm³/mol. The highest BCUT2D eigenvalue weighted by molar-refractivity contribution is 6.74. The number of cyclic esters (lactones) is 1. The molecule has 1 saturated heterocycles. The van der Waals surface area contributed by atoms with Crippen LogP contribution < -0.4 is 0 Å². The maximum atomic E-state index is 12.8. The van der Waals surface area contributed by atoms with Gasteiger partial charge in [0.1, 0.15) is 12.2 Å². The molecule has 0 N–H and O–H groups in total. The van der Waals surface area contributed by atoms with Crippen LogP contribution >= 0.6 is 0 Å². The minimum atomic E-state index is -1.95. The average Bonchev–Trinajstić information content (AvgIpc) is 2.77. The van der Waals surface area contributed by atoms with Crippen LogP contribution in [-0.2, 0) is 23.5 Å². The second kappa shape index (κ2) is 12.0. The Hall–Kier alpha value is -1.40. The molecular formula is C30H50O5Si. The summed E-state index contributed by atoms with van der Waals surface area (Å²) in [5, 5.41) is 0.110. The SMILES string of the molecule is CCCC(C)C(=O)O[C@H]1CCC=C2C=C[C@H](C)[C@H](CC[C@@H]3C[C@@H](O[Si](C)(C)C(C)(C)C)CC(=O)O3)[C@H]21. The highest BCUT2D eigenvalue weighted by Gasteiger charge is 2.43. The van der Waals surface area contributed by atoms with E-state index in [2.05, 4.69) is 65.9 Å². The van der Waals surface area contributed by atoms with Gasteiger partial charge in [-0.3, -0.25) is 9.59 Å². The molecule has 1 aliphatic heterocycles. The van der Waals surface area contributed by atoms with E-state index >= 15 is 0 Å². The van der Waals surface area contributed by atoms with Crippen LogP contribution in [0.15, 0.2) is 23.8 Å². The number of allylic oxidation sites excluding steroid dienone is 3. The number of hydrogen-bond donors (Lipinski definition) is 0. The Balaban J connectivity index is 1.67. The van der Waals surface area contributed by atoms with Gasteiger partial charge in [-0.25, -0.2) is 0 Å². The number of carbonyl (C=O) groups is 2. The zero-order valence-electron chi connectivity index (χ0n) is 24.0. The molecule has 3 rings (SSSR count). The highest BCUT2D eigenvalue weighted by atomic mass is 28.4. The number of esters is 2. The van der Waals surface area contributed by atoms with Crippen molar-refractivity contribution in [3.05, 3.63) is 23.8 Å². The van der Waals surface area contributed by atoms with Crippen LogP contribution in [0.3, 0.4) is 0 Å². The number of hydrogen-bond acceptors (Lipinski definition) is 5. The summed E-state index contributed by atoms with van der Waals surface area (Å²) in [5.74, 6) is 0.714. The number of carbonyl (C=O) groups excluding carboxylic acids is 2. The monoisotopic (exact) mass is 518 g/mol. The van der Waals surface area contributed by atoms with Crippen molar-refractivity contribution in [1.82, 2.24) is 0 Å². The summed E-state index contributed by atoms with van der Waals surface area (Å²) < 4.78 is 18.6. The van der Waals surface area contributed by atoms with E-state index < -0.39 is 8.32 Å². The fourth-order valence-corrected chi connectivity index (χ4v) is 7.22. The van der Waals surface area contributed by atoms with Gasteiger partial charge in [0.05, 0.1) is 18.4 Å². The molecule has 2 aliphatic carbocycles. The molecule has 0 saturated carbocycles. The first-order chi connectivity index (χ1) is 16.8. The van der Waals surface area contributed by atoms with Crippen LogP contribution in [0.5, 0.6) is 0 Å². The summed E-state index contributed by atoms with van der Waals surface area (Å²) in [4.78, 5) is 25.3. The summed E-state index contributed by atoms with van der Waals surface area (Å²) in [5.41, 5.74) is 1.31. The topological polar surface area (TPSA) is 61.8 Å². The van der Waals surface area contributed by atoms with Crippen LogP contribution in [0, 0.1) is 23.7 Å². The summed E-state index contributed by atoms with van der Waals surface area (Å²) in [6.07, 6.45) is 13.2. The maximum Gasteiger partial charge on any atom is 0.308 e. The lowest BCUT2D eigenvalue weighted by Crippen LogP contribution is -2.47. The van der Waals surface area contributed by atoms with Gasteiger partial charge in [0, 0.05) is 12.3 Å². The van der Waals surface area contributed by atoms with Gasteiger partial charge < -0.3 is 13.9 Å². The van der Waals surface area contributed by atoms with Crippen molar-refractivity contribution in [2.45, 2.75) is 129 Å². The molecule has 36 heavy (non-hydrogen) atoms. The highest BCUT2D eigenvalue weighted by Crippen LogP contribution is 2.45. The van der Waals surface area contributed by atoms with Gasteiger partial charge in [0.15, 0.2) is 8.32 Å². The summed E-state index contributed by atoms with van der Waals surface area (Å²) in [7, 11) is -1.95. The van der Waals surface area contributed by atoms with Gasteiger partial charge in [-0.05, 0) is 67.6 Å². The normalized spacial score (nSPS) is 31.8. The van der Waals surface area contributed by atoms with Gasteiger partial charge in [-0.1, -0.05) is 66.2 Å². The lowest BCUT2D eigenvalue weighted by atomic mass is 9.66. The molecule has 0 radical (unpaired) electrons. The summed E-state index contributed by atoms with van der Waals surface area (Å²) in [6, 6.07) is 0. The molecule has 204 valence electrons. The van der Waals surface area contributed by atoms with E-state index in [9.17, 15) is 9.59 Å². The lowest BCUT2D eigenvalue weighted by molar-refractivity contribution is -0.161. The zero-order chi connectivity index (χ0) is 26.7. The Kier molecular flexibility index (Phi) is 9.70. The standard InChI is InChI=1S/C30H50O5Si/c1-9-11-21(3)29(32)34-26-13-10-12-22-15-14-20(2)25(28(22)26)17-16-23-18-24(19-27(31)33-23)35-36(7,8)30(4,5)6/h12,14-15,20-21,23-26,28H,9-11,13,16-19H2,1-8H3/t20-,21?,23+,24+,25-,26-,28-/m0/s1. The van der Waals surface area contributed by atoms with Gasteiger partial charge in [-0.2, -0.15) is 0 Å². The second-order valence-electron chi connectivity index (χ2n) is 13.0. The van der Waals surface area contributed by atoms with Crippen molar-refractivity contribution in [3.63, 3.8) is 0 Å². The van der Waals surface area contributed by atoms with E-state index in [4.69, 9.17) is 13.9 Å². The third-order valence-electron chi connectivity index (χ3n) is 9.04. The Bertz CT molecular complexity index is 839. The minimum Gasteiger partial charge on any atom is -0.462 e. The van der Waals surface area contributed by atoms with Crippen molar-refractivity contribution < 1.29 is 23.5 Å². The molecule has 1 fully saturated rings. The first kappa shape index (κ1) is 29.2. The fourth-order valence-electron chi connectivity index (χ4n) is 5.85. The number of rotatable bonds is 9. The smallest absolute Gasteiger partial charge is 0.308 e. The third kappa shape index (κ3) is 7.12. The lowest BCUT2D eigenvalue weighted by Gasteiger charge is -2.43. The first-order valence-corrected chi connectivity index (χ1v) is 17.2. The molecule has 0 amide bonds. The second-order valence-corrected chi connectivity index (χ2v) is 17.7. The molecule has 7 atom stereocenters. The molecular weight excluding hydrogens is 468 g/mol. The Morgan fingerprint density at radius 2 is 1.97 bits per heavy atom. The average molecular weight is 519 g/mol. The van der Waals surface area contributed by atoms with Crippen LogP contribution in [-0.4, -0.2) is 38.6 Å². The fraction of sp³-hybridized carbons (Fsp3) is 0.800. The predicted octanol–water partition coefficient (Wildman–Crippen LogP) is 7.37. The van der Waals surface area contributed by atoms with Crippen molar-refractivity contribution in [1.29, 1.82) is 0 Å². The maximum absolute atomic E-state index is 12.8. The summed E-state index contributed by atoms with van der Waals surface area (Å²) >= 11 is 0. The Morgan fingerprint density at radius 3 is 2.64 bits per heavy atom. The minimum absolute atomic E-state index is 0.0558. The molecule has 0 aromatic heterocycles. The van der Waals surface area contributed by atoms with E-state index in [0.717, 1.165) is 44.9 Å². The van der Waals surface area contributed by atoms with Crippen molar-refractivity contribution >= 4 is 20.3 Å². The molecule has 5 nitrogen and oxygen atoms in total. The van der Waals surface area contributed by atoms with E-state index in [1.54, 1.807) is 0 Å². The van der Waals surface area contributed by atoms with Gasteiger partial charge in [0.25, 0.3) is 0 Å². The molecule has 0 aromatic rings. The number of fused-ring (bicyclic) bond motifs is 1. The molecule has 0 bridgehead atoms. The van der Waals surface area contributed by atoms with Gasteiger partial charge in [-0.15, -0.1) is 0 Å². The van der Waals surface area contributed by atoms with Crippen molar-refractivity contribution in [2.24, 2.45) is 23.7 Å². The van der Waals surface area contributed by atoms with Crippen molar-refractivity contribution in [3.8, 4) is 0 Å². The van der Waals surface area contributed by atoms with Crippen LogP contribution in [0.2, 0.25) is 18.1 Å². The van der Waals surface area contributed by atoms with E-state index in [1.807, 2.05) is 6.92 Å². The van der Waals surface area contributed by atoms with E-state index in [0.29, 0.717) is 18.3 Å². The van der Waals surface area contributed by atoms with Crippen LogP contribution in [0.1, 0.15) is 92.9 Å². The quantitative estimate of drug-likeness (QED) is 0.235. The molecule has 0 spiro atoms. The van der Waals surface area contributed by atoms with Crippen LogP contribution in [0.25, 0.3) is 0 Å². The molecule has 0 aromatic carbocycles. The largest absolute Gasteiger partial charge is 0.462 e. The number of ether oxygens (including phenoxy) is 2. The van der Waals surface area contributed by atoms with E-state index in [-0.39, 0.29) is 47.1 Å². The van der Waals surface area contributed by atoms with Crippen molar-refractivity contribution in [2.75, 3.05) is 0 Å². The molecule has 6 heteroatoms. The molecule has 1 unspecified atom stereocenters. The Morgan fingerprint density at radius 1 is 1.25 bits per heavy atom. The van der Waals surface area contributed by atoms with Gasteiger partial charge >= 0.3 is 11.9 Å². The summed E-state index contributed by atoms with van der Waals surface area (Å²) in [6.45, 7) is 17.5. The van der Waals surface area contributed by atoms with Gasteiger partial charge in [0.2, 0.25) is 0 Å².